The van der Waals surface area contributed by atoms with Crippen LogP contribution in [0.2, 0.25) is 0 Å². The van der Waals surface area contributed by atoms with Crippen molar-refractivity contribution in [3.63, 3.8) is 0 Å². The van der Waals surface area contributed by atoms with Crippen LogP contribution >= 0.6 is 7.60 Å². The first-order valence-electron chi connectivity index (χ1n) is 13.4. The molecule has 35 heavy (non-hydrogen) atoms. The monoisotopic (exact) mass is 521 g/mol. The predicted octanol–water partition coefficient (Wildman–Crippen LogP) is 5.87. The lowest BCUT2D eigenvalue weighted by Gasteiger charge is -2.34. The molecule has 9 heteroatoms. The molecular weight excluding hydrogens is 469 g/mol. The molecule has 3 unspecified atom stereocenters. The summed E-state index contributed by atoms with van der Waals surface area (Å²) in [4.78, 5) is 22.1. The van der Waals surface area contributed by atoms with Gasteiger partial charge in [0.2, 0.25) is 0 Å². The lowest BCUT2D eigenvalue weighted by Crippen LogP contribution is -2.32. The zero-order chi connectivity index (χ0) is 26.7. The largest absolute Gasteiger partial charge is 0.435 e. The van der Waals surface area contributed by atoms with E-state index in [1.807, 2.05) is 13.8 Å². The van der Waals surface area contributed by atoms with E-state index in [1.165, 1.54) is 0 Å². The molecule has 0 aromatic rings. The lowest BCUT2D eigenvalue weighted by atomic mass is 9.82. The maximum Gasteiger partial charge on any atom is 0.342 e. The molecule has 0 bridgehead atoms. The van der Waals surface area contributed by atoms with Gasteiger partial charge in [-0.1, -0.05) is 34.6 Å². The maximum atomic E-state index is 12.3. The molecule has 0 amide bonds. The van der Waals surface area contributed by atoms with Crippen molar-refractivity contribution in [2.75, 3.05) is 26.0 Å². The van der Waals surface area contributed by atoms with Crippen LogP contribution in [0.3, 0.4) is 0 Å². The Balaban J connectivity index is 2.23. The summed E-state index contributed by atoms with van der Waals surface area (Å²) < 4.78 is 34.9. The van der Waals surface area contributed by atoms with Crippen LogP contribution in [0.25, 0.3) is 0 Å². The van der Waals surface area contributed by atoms with Crippen LogP contribution in [0.15, 0.2) is 0 Å². The van der Waals surface area contributed by atoms with E-state index in [-0.39, 0.29) is 24.3 Å². The summed E-state index contributed by atoms with van der Waals surface area (Å²) >= 11 is 0. The highest BCUT2D eigenvalue weighted by Gasteiger charge is 2.32. The maximum absolute atomic E-state index is 12.3. The normalized spacial score (nSPS) is 22.9. The minimum atomic E-state index is -3.85. The molecule has 1 aliphatic carbocycles. The Bertz CT molecular complexity index is 660. The van der Waals surface area contributed by atoms with Crippen LogP contribution in [0.4, 0.5) is 0 Å². The van der Waals surface area contributed by atoms with Crippen LogP contribution in [0.5, 0.6) is 0 Å². The summed E-state index contributed by atoms with van der Waals surface area (Å²) in [6.07, 6.45) is 6.05. The van der Waals surface area contributed by atoms with Crippen LogP contribution in [-0.2, 0) is 28.1 Å². The van der Waals surface area contributed by atoms with E-state index in [0.717, 1.165) is 38.7 Å². The van der Waals surface area contributed by atoms with Crippen molar-refractivity contribution < 1.29 is 33.0 Å². The van der Waals surface area contributed by atoms with Crippen molar-refractivity contribution in [1.82, 2.24) is 5.32 Å². The van der Waals surface area contributed by atoms with Gasteiger partial charge in [-0.3, -0.25) is 14.7 Å². The molecule has 0 radical (unpaired) electrons. The van der Waals surface area contributed by atoms with Gasteiger partial charge < -0.3 is 23.6 Å². The number of hydrogen-bond donors (Lipinski definition) is 2. The van der Waals surface area contributed by atoms with E-state index in [0.29, 0.717) is 31.3 Å². The number of hydrogen-bond acceptors (Lipinski definition) is 7. The number of esters is 1. The van der Waals surface area contributed by atoms with Crippen LogP contribution in [0.1, 0.15) is 100 Å². The first kappa shape index (κ1) is 32.5. The minimum absolute atomic E-state index is 0.186. The summed E-state index contributed by atoms with van der Waals surface area (Å²) in [6.45, 7) is 17.4. The zero-order valence-electron chi connectivity index (χ0n) is 23.4. The lowest BCUT2D eigenvalue weighted by molar-refractivity contribution is -0.176. The fourth-order valence-corrected chi connectivity index (χ4v) is 5.35. The third kappa shape index (κ3) is 12.5. The van der Waals surface area contributed by atoms with Crippen molar-refractivity contribution in [3.05, 3.63) is 0 Å². The van der Waals surface area contributed by atoms with Crippen molar-refractivity contribution in [2.45, 2.75) is 118 Å². The smallest absolute Gasteiger partial charge is 0.342 e. The van der Waals surface area contributed by atoms with E-state index in [1.54, 1.807) is 13.8 Å². The molecule has 1 rings (SSSR count). The van der Waals surface area contributed by atoms with Gasteiger partial charge >= 0.3 is 13.6 Å². The van der Waals surface area contributed by atoms with Gasteiger partial charge in [0.05, 0.1) is 31.1 Å². The quantitative estimate of drug-likeness (QED) is 0.139. The first-order chi connectivity index (χ1) is 16.3. The van der Waals surface area contributed by atoms with E-state index < -0.39 is 25.5 Å². The fourth-order valence-electron chi connectivity index (χ4n) is 3.95. The summed E-state index contributed by atoms with van der Waals surface area (Å²) in [5.74, 6) is 0.525. The highest BCUT2D eigenvalue weighted by molar-refractivity contribution is 7.52. The molecule has 0 heterocycles. The van der Waals surface area contributed by atoms with E-state index in [2.05, 4.69) is 33.0 Å². The number of ether oxygens (including phenoxy) is 3. The van der Waals surface area contributed by atoms with Gasteiger partial charge in [0.1, 0.15) is 0 Å². The second-order valence-electron chi connectivity index (χ2n) is 11.1. The molecule has 2 N–H and O–H groups in total. The molecule has 0 spiro atoms. The standard InChI is InChI=1S/C26H52NO7P/c1-9-25(6,7)20(4)31-17-22-12-14-23(15-13-22)18-32-21(5)33-24(28)16-27-19-35(29,30)34-26(8,10-2)11-3/h20-23,27H,9-19H2,1-8H3,(H,29,30). The third-order valence-electron chi connectivity index (χ3n) is 7.86. The molecule has 0 aromatic heterocycles. The average Bonchev–Trinajstić information content (AvgIpc) is 2.81. The topological polar surface area (TPSA) is 103 Å². The fraction of sp³-hybridized carbons (Fsp3) is 0.962. The van der Waals surface area contributed by atoms with Crippen molar-refractivity contribution in [1.29, 1.82) is 0 Å². The molecule has 1 saturated carbocycles. The van der Waals surface area contributed by atoms with Crippen molar-refractivity contribution in [2.24, 2.45) is 17.3 Å². The molecule has 0 aromatic carbocycles. The van der Waals surface area contributed by atoms with E-state index in [4.69, 9.17) is 18.7 Å². The van der Waals surface area contributed by atoms with Crippen molar-refractivity contribution >= 4 is 13.6 Å². The van der Waals surface area contributed by atoms with Crippen molar-refractivity contribution in [3.8, 4) is 0 Å². The second kappa shape index (κ2) is 15.0. The molecule has 1 fully saturated rings. The highest BCUT2D eigenvalue weighted by atomic mass is 31.2. The summed E-state index contributed by atoms with van der Waals surface area (Å²) in [5, 5.41) is 2.66. The number of carbonyl (C=O) groups is 1. The summed E-state index contributed by atoms with van der Waals surface area (Å²) in [7, 11) is -3.85. The van der Waals surface area contributed by atoms with E-state index in [9.17, 15) is 14.3 Å². The van der Waals surface area contributed by atoms with Gasteiger partial charge in [-0.2, -0.15) is 0 Å². The predicted molar refractivity (Wildman–Crippen MR) is 139 cm³/mol. The molecule has 208 valence electrons. The number of rotatable bonds is 17. The Morgan fingerprint density at radius 1 is 0.971 bits per heavy atom. The number of carbonyl (C=O) groups excluding carboxylic acids is 1. The Hall–Kier alpha value is -0.500. The summed E-state index contributed by atoms with van der Waals surface area (Å²) in [6, 6.07) is 0. The minimum Gasteiger partial charge on any atom is -0.435 e. The summed E-state index contributed by atoms with van der Waals surface area (Å²) in [5.41, 5.74) is -0.462. The van der Waals surface area contributed by atoms with Crippen LogP contribution < -0.4 is 5.32 Å². The number of nitrogens with one attached hydrogen (secondary N) is 1. The third-order valence-corrected chi connectivity index (χ3v) is 9.21. The molecule has 0 aliphatic heterocycles. The van der Waals surface area contributed by atoms with E-state index >= 15 is 0 Å². The Kier molecular flexibility index (Phi) is 14.0. The molecule has 8 nitrogen and oxygen atoms in total. The molecule has 1 aliphatic rings. The van der Waals surface area contributed by atoms with Crippen LogP contribution in [-0.4, -0.2) is 54.9 Å². The SMILES string of the molecule is CCC(C)(CC)OP(=O)(O)CNCC(=O)OC(C)OCC1CCC(COC(C)C(C)(C)CC)CC1. The molecule has 3 atom stereocenters. The van der Waals surface area contributed by atoms with Gasteiger partial charge in [0.25, 0.3) is 0 Å². The Morgan fingerprint density at radius 2 is 1.49 bits per heavy atom. The van der Waals surface area contributed by atoms with Gasteiger partial charge in [0, 0.05) is 6.61 Å². The molecular formula is C26H52NO7P. The Labute approximate surface area is 213 Å². The second-order valence-corrected chi connectivity index (χ2v) is 12.8. The van der Waals surface area contributed by atoms with Gasteiger partial charge in [0.15, 0.2) is 6.29 Å². The Morgan fingerprint density at radius 3 is 1.97 bits per heavy atom. The van der Waals surface area contributed by atoms with Gasteiger partial charge in [-0.25, -0.2) is 0 Å². The first-order valence-corrected chi connectivity index (χ1v) is 15.2. The molecule has 0 saturated heterocycles. The van der Waals surface area contributed by atoms with Crippen LogP contribution in [0, 0.1) is 17.3 Å². The van der Waals surface area contributed by atoms with Gasteiger partial charge in [-0.05, 0) is 83.0 Å². The average molecular weight is 522 g/mol. The highest BCUT2D eigenvalue weighted by Crippen LogP contribution is 2.46. The van der Waals surface area contributed by atoms with Gasteiger partial charge in [-0.15, -0.1) is 0 Å². The zero-order valence-corrected chi connectivity index (χ0v) is 24.3.